The van der Waals surface area contributed by atoms with Gasteiger partial charge in [0.25, 0.3) is 0 Å². The summed E-state index contributed by atoms with van der Waals surface area (Å²) in [6.07, 6.45) is 3.61. The highest BCUT2D eigenvalue weighted by Gasteiger charge is 2.29. The van der Waals surface area contributed by atoms with Gasteiger partial charge in [0.15, 0.2) is 0 Å². The fraction of sp³-hybridized carbons (Fsp3) is 0.615. The van der Waals surface area contributed by atoms with Gasteiger partial charge in [-0.2, -0.15) is 0 Å². The minimum atomic E-state index is -0.0184. The maximum Gasteiger partial charge on any atom is 0.237 e. The first-order chi connectivity index (χ1) is 8.81. The Morgan fingerprint density at radius 2 is 2.56 bits per heavy atom. The summed E-state index contributed by atoms with van der Waals surface area (Å²) < 4.78 is 10.3. The van der Waals surface area contributed by atoms with Crippen LogP contribution in [-0.4, -0.2) is 43.7 Å². The SMILES string of the molecule is COCCN1CCCC1C(=O)NCc1ccco1. The lowest BCUT2D eigenvalue weighted by molar-refractivity contribution is -0.125. The highest BCUT2D eigenvalue weighted by Crippen LogP contribution is 2.16. The molecule has 0 aromatic carbocycles. The minimum absolute atomic E-state index is 0.0184. The Labute approximate surface area is 107 Å². The van der Waals surface area contributed by atoms with Crippen molar-refractivity contribution in [1.82, 2.24) is 10.2 Å². The molecule has 5 heteroatoms. The van der Waals surface area contributed by atoms with Gasteiger partial charge in [-0.3, -0.25) is 9.69 Å². The van der Waals surface area contributed by atoms with Crippen molar-refractivity contribution in [1.29, 1.82) is 0 Å². The van der Waals surface area contributed by atoms with Gasteiger partial charge in [0.2, 0.25) is 5.91 Å². The van der Waals surface area contributed by atoms with Crippen molar-refractivity contribution in [3.63, 3.8) is 0 Å². The van der Waals surface area contributed by atoms with Crippen LogP contribution in [0.2, 0.25) is 0 Å². The quantitative estimate of drug-likeness (QED) is 0.821. The molecule has 0 aliphatic carbocycles. The molecule has 0 spiro atoms. The predicted octanol–water partition coefficient (Wildman–Crippen LogP) is 1.01. The molecule has 1 aromatic rings. The maximum absolute atomic E-state index is 12.1. The first kappa shape index (κ1) is 13.1. The van der Waals surface area contributed by atoms with E-state index in [0.717, 1.165) is 31.7 Å². The van der Waals surface area contributed by atoms with Crippen LogP contribution in [0.15, 0.2) is 22.8 Å². The number of ether oxygens (including phenoxy) is 1. The molecular weight excluding hydrogens is 232 g/mol. The molecule has 18 heavy (non-hydrogen) atoms. The van der Waals surface area contributed by atoms with E-state index in [-0.39, 0.29) is 11.9 Å². The van der Waals surface area contributed by atoms with Gasteiger partial charge in [-0.15, -0.1) is 0 Å². The van der Waals surface area contributed by atoms with Gasteiger partial charge in [-0.1, -0.05) is 0 Å². The molecule has 1 aliphatic heterocycles. The highest BCUT2D eigenvalue weighted by molar-refractivity contribution is 5.81. The average molecular weight is 252 g/mol. The van der Waals surface area contributed by atoms with Crippen LogP contribution in [-0.2, 0) is 16.1 Å². The minimum Gasteiger partial charge on any atom is -0.467 e. The van der Waals surface area contributed by atoms with Crippen LogP contribution in [0.3, 0.4) is 0 Å². The normalized spacial score (nSPS) is 20.2. The number of hydrogen-bond acceptors (Lipinski definition) is 4. The third-order valence-electron chi connectivity index (χ3n) is 3.27. The number of hydrogen-bond donors (Lipinski definition) is 1. The van der Waals surface area contributed by atoms with Crippen molar-refractivity contribution >= 4 is 5.91 Å². The fourth-order valence-electron chi connectivity index (χ4n) is 2.30. The van der Waals surface area contributed by atoms with Crippen LogP contribution in [0, 0.1) is 0 Å². The predicted molar refractivity (Wildman–Crippen MR) is 67.0 cm³/mol. The molecule has 1 aliphatic rings. The average Bonchev–Trinajstić information content (AvgIpc) is 3.04. The maximum atomic E-state index is 12.1. The van der Waals surface area contributed by atoms with Gasteiger partial charge in [0, 0.05) is 13.7 Å². The van der Waals surface area contributed by atoms with Crippen LogP contribution < -0.4 is 5.32 Å². The van der Waals surface area contributed by atoms with E-state index in [0.29, 0.717) is 13.2 Å². The molecule has 1 unspecified atom stereocenters. The molecule has 2 heterocycles. The summed E-state index contributed by atoms with van der Waals surface area (Å²) >= 11 is 0. The van der Waals surface area contributed by atoms with Crippen LogP contribution in [0.4, 0.5) is 0 Å². The second-order valence-electron chi connectivity index (χ2n) is 4.48. The number of rotatable bonds is 6. The number of nitrogens with zero attached hydrogens (tertiary/aromatic N) is 1. The van der Waals surface area contributed by atoms with E-state index in [9.17, 15) is 4.79 Å². The summed E-state index contributed by atoms with van der Waals surface area (Å²) in [6, 6.07) is 3.66. The van der Waals surface area contributed by atoms with E-state index >= 15 is 0 Å². The molecule has 1 N–H and O–H groups in total. The number of nitrogens with one attached hydrogen (secondary N) is 1. The van der Waals surface area contributed by atoms with Crippen molar-refractivity contribution in [3.05, 3.63) is 24.2 Å². The second kappa shape index (κ2) is 6.56. The molecule has 2 rings (SSSR count). The molecular formula is C13H20N2O3. The molecule has 1 aromatic heterocycles. The first-order valence-electron chi connectivity index (χ1n) is 6.34. The van der Waals surface area contributed by atoms with Crippen LogP contribution in [0.5, 0.6) is 0 Å². The van der Waals surface area contributed by atoms with E-state index in [2.05, 4.69) is 10.2 Å². The van der Waals surface area contributed by atoms with Crippen molar-refractivity contribution in [2.45, 2.75) is 25.4 Å². The number of carbonyl (C=O) groups excluding carboxylic acids is 1. The molecule has 100 valence electrons. The van der Waals surface area contributed by atoms with Crippen LogP contribution in [0.25, 0.3) is 0 Å². The van der Waals surface area contributed by atoms with Crippen molar-refractivity contribution in [2.75, 3.05) is 26.8 Å². The summed E-state index contributed by atoms with van der Waals surface area (Å²) in [5.74, 6) is 0.866. The number of furan rings is 1. The number of methoxy groups -OCH3 is 1. The molecule has 0 bridgehead atoms. The highest BCUT2D eigenvalue weighted by atomic mass is 16.5. The standard InChI is InChI=1S/C13H20N2O3/c1-17-9-7-15-6-2-5-12(15)13(16)14-10-11-4-3-8-18-11/h3-4,8,12H,2,5-7,9-10H2,1H3,(H,14,16). The molecule has 0 radical (unpaired) electrons. The zero-order valence-corrected chi connectivity index (χ0v) is 10.7. The Balaban J connectivity index is 1.80. The lowest BCUT2D eigenvalue weighted by atomic mass is 10.2. The van der Waals surface area contributed by atoms with E-state index in [1.807, 2.05) is 12.1 Å². The van der Waals surface area contributed by atoms with E-state index in [1.54, 1.807) is 13.4 Å². The van der Waals surface area contributed by atoms with Gasteiger partial charge in [0.05, 0.1) is 25.5 Å². The zero-order chi connectivity index (χ0) is 12.8. The Morgan fingerprint density at radius 3 is 3.28 bits per heavy atom. The Kier molecular flexibility index (Phi) is 4.78. The number of carbonyl (C=O) groups is 1. The van der Waals surface area contributed by atoms with Gasteiger partial charge < -0.3 is 14.5 Å². The summed E-state index contributed by atoms with van der Waals surface area (Å²) in [7, 11) is 1.68. The first-order valence-corrected chi connectivity index (χ1v) is 6.34. The molecule has 1 atom stereocenters. The van der Waals surface area contributed by atoms with Gasteiger partial charge in [0.1, 0.15) is 5.76 Å². The van der Waals surface area contributed by atoms with E-state index in [1.165, 1.54) is 0 Å². The molecule has 5 nitrogen and oxygen atoms in total. The molecule has 1 fully saturated rings. The number of amides is 1. The van der Waals surface area contributed by atoms with E-state index in [4.69, 9.17) is 9.15 Å². The van der Waals surface area contributed by atoms with Gasteiger partial charge >= 0.3 is 0 Å². The van der Waals surface area contributed by atoms with Crippen molar-refractivity contribution in [2.24, 2.45) is 0 Å². The third-order valence-corrected chi connectivity index (χ3v) is 3.27. The monoisotopic (exact) mass is 252 g/mol. The van der Waals surface area contributed by atoms with Gasteiger partial charge in [-0.25, -0.2) is 0 Å². The Hall–Kier alpha value is -1.33. The Bertz CT molecular complexity index is 364. The molecule has 1 amide bonds. The summed E-state index contributed by atoms with van der Waals surface area (Å²) in [5, 5.41) is 2.92. The zero-order valence-electron chi connectivity index (χ0n) is 10.7. The molecule has 0 saturated carbocycles. The lowest BCUT2D eigenvalue weighted by Gasteiger charge is -2.22. The van der Waals surface area contributed by atoms with E-state index < -0.39 is 0 Å². The van der Waals surface area contributed by atoms with Gasteiger partial charge in [-0.05, 0) is 31.5 Å². The third kappa shape index (κ3) is 3.34. The molecule has 1 saturated heterocycles. The summed E-state index contributed by atoms with van der Waals surface area (Å²) in [4.78, 5) is 14.3. The number of likely N-dealkylation sites (tertiary alicyclic amines) is 1. The summed E-state index contributed by atoms with van der Waals surface area (Å²) in [5.41, 5.74) is 0. The topological polar surface area (TPSA) is 54.7 Å². The van der Waals surface area contributed by atoms with Crippen molar-refractivity contribution < 1.29 is 13.9 Å². The van der Waals surface area contributed by atoms with Crippen molar-refractivity contribution in [3.8, 4) is 0 Å². The van der Waals surface area contributed by atoms with Crippen LogP contribution >= 0.6 is 0 Å². The Morgan fingerprint density at radius 1 is 1.67 bits per heavy atom. The second-order valence-corrected chi connectivity index (χ2v) is 4.48. The fourth-order valence-corrected chi connectivity index (χ4v) is 2.30. The van der Waals surface area contributed by atoms with Crippen LogP contribution in [0.1, 0.15) is 18.6 Å². The smallest absolute Gasteiger partial charge is 0.237 e. The largest absolute Gasteiger partial charge is 0.467 e. The summed E-state index contributed by atoms with van der Waals surface area (Å²) in [6.45, 7) is 2.92. The lowest BCUT2D eigenvalue weighted by Crippen LogP contribution is -2.44.